The van der Waals surface area contributed by atoms with Crippen molar-refractivity contribution < 1.29 is 8.42 Å². The quantitative estimate of drug-likeness (QED) is 0.541. The number of nitrogens with two attached hydrogens (primary N) is 1. The largest absolute Gasteiger partial charge is 0.228 e. The number of halogens is 1. The van der Waals surface area contributed by atoms with E-state index in [0.717, 1.165) is 0 Å². The summed E-state index contributed by atoms with van der Waals surface area (Å²) < 4.78 is 20.0. The van der Waals surface area contributed by atoms with Crippen LogP contribution < -0.4 is 5.14 Å². The molecule has 0 aliphatic carbocycles. The highest BCUT2D eigenvalue weighted by atomic mass is 127. The van der Waals surface area contributed by atoms with Crippen molar-refractivity contribution in [2.45, 2.75) is 16.6 Å². The van der Waals surface area contributed by atoms with Crippen molar-refractivity contribution in [3.05, 3.63) is 0 Å². The minimum absolute atomic E-state index is 0.842. The van der Waals surface area contributed by atoms with Crippen LogP contribution in [0.4, 0.5) is 0 Å². The summed E-state index contributed by atoms with van der Waals surface area (Å²) in [7, 11) is -3.35. The van der Waals surface area contributed by atoms with Crippen LogP contribution in [0.1, 0.15) is 13.8 Å². The second kappa shape index (κ2) is 2.11. The van der Waals surface area contributed by atoms with E-state index >= 15 is 0 Å². The number of rotatable bonds is 1. The van der Waals surface area contributed by atoms with Gasteiger partial charge in [0.05, 0.1) is 0 Å². The highest BCUT2D eigenvalue weighted by molar-refractivity contribution is 14.1. The van der Waals surface area contributed by atoms with Gasteiger partial charge < -0.3 is 0 Å². The highest BCUT2D eigenvalue weighted by Crippen LogP contribution is 2.20. The molecule has 0 aromatic carbocycles. The smallest absolute Gasteiger partial charge is 0.223 e. The first-order valence-corrected chi connectivity index (χ1v) is 4.59. The third kappa shape index (κ3) is 2.27. The van der Waals surface area contributed by atoms with Crippen LogP contribution in [0.25, 0.3) is 0 Å². The van der Waals surface area contributed by atoms with Crippen LogP contribution in [0.2, 0.25) is 0 Å². The van der Waals surface area contributed by atoms with E-state index in [1.165, 1.54) is 0 Å². The molecule has 5 heteroatoms. The lowest BCUT2D eigenvalue weighted by Crippen LogP contribution is -2.31. The van der Waals surface area contributed by atoms with Crippen molar-refractivity contribution >= 4 is 32.6 Å². The topological polar surface area (TPSA) is 60.2 Å². The van der Waals surface area contributed by atoms with Crippen LogP contribution in [-0.4, -0.2) is 11.2 Å². The van der Waals surface area contributed by atoms with Gasteiger partial charge in [-0.2, -0.15) is 0 Å². The predicted molar refractivity (Wildman–Crippen MR) is 41.2 cm³/mol. The summed E-state index contributed by atoms with van der Waals surface area (Å²) in [5, 5.41) is 4.78. The zero-order chi connectivity index (χ0) is 7.00. The van der Waals surface area contributed by atoms with Gasteiger partial charge in [-0.25, -0.2) is 13.6 Å². The van der Waals surface area contributed by atoms with Crippen LogP contribution in [0.3, 0.4) is 0 Å². The first kappa shape index (κ1) is 8.64. The van der Waals surface area contributed by atoms with Gasteiger partial charge in [0.1, 0.15) is 2.75 Å². The summed E-state index contributed by atoms with van der Waals surface area (Å²) in [5.41, 5.74) is 0. The molecule has 0 aliphatic heterocycles. The SMILES string of the molecule is CC(C)(I)S(N)(=O)=O. The number of primary sulfonamides is 1. The molecular weight excluding hydrogens is 241 g/mol. The highest BCUT2D eigenvalue weighted by Gasteiger charge is 2.26. The number of hydrogen-bond acceptors (Lipinski definition) is 2. The van der Waals surface area contributed by atoms with Crippen LogP contribution in [0.5, 0.6) is 0 Å². The van der Waals surface area contributed by atoms with Gasteiger partial charge in [0.25, 0.3) is 0 Å². The summed E-state index contributed by atoms with van der Waals surface area (Å²) in [6.45, 7) is 3.09. The van der Waals surface area contributed by atoms with Gasteiger partial charge in [-0.15, -0.1) is 0 Å². The zero-order valence-corrected chi connectivity index (χ0v) is 7.65. The Morgan fingerprint density at radius 2 is 1.62 bits per heavy atom. The number of alkyl halides is 1. The first-order chi connectivity index (χ1) is 3.25. The zero-order valence-electron chi connectivity index (χ0n) is 4.68. The lowest BCUT2D eigenvalue weighted by Gasteiger charge is -2.11. The Hall–Kier alpha value is 0.640. The lowest BCUT2D eigenvalue weighted by molar-refractivity contribution is 0.587. The molecule has 0 saturated heterocycles. The third-order valence-electron chi connectivity index (χ3n) is 0.677. The maximum Gasteiger partial charge on any atom is 0.223 e. The van der Waals surface area contributed by atoms with E-state index in [0.29, 0.717) is 0 Å². The molecule has 0 aliphatic rings. The van der Waals surface area contributed by atoms with Crippen molar-refractivity contribution in [1.29, 1.82) is 0 Å². The Balaban J connectivity index is 4.53. The fourth-order valence-electron chi connectivity index (χ4n) is 0. The summed E-state index contributed by atoms with van der Waals surface area (Å²) >= 11 is 1.77. The summed E-state index contributed by atoms with van der Waals surface area (Å²) in [6.07, 6.45) is 0. The molecule has 0 saturated carbocycles. The molecule has 0 atom stereocenters. The van der Waals surface area contributed by atoms with Crippen molar-refractivity contribution in [2.24, 2.45) is 5.14 Å². The molecular formula is C3H8INO2S. The molecule has 50 valence electrons. The molecule has 0 aromatic heterocycles. The third-order valence-corrected chi connectivity index (χ3v) is 3.87. The summed E-state index contributed by atoms with van der Waals surface area (Å²) in [5.74, 6) is 0. The fourth-order valence-corrected chi connectivity index (χ4v) is 0. The number of sulfonamides is 1. The molecule has 0 bridgehead atoms. The van der Waals surface area contributed by atoms with Crippen molar-refractivity contribution in [3.63, 3.8) is 0 Å². The Morgan fingerprint density at radius 3 is 1.62 bits per heavy atom. The van der Waals surface area contributed by atoms with E-state index in [1.807, 2.05) is 0 Å². The lowest BCUT2D eigenvalue weighted by atomic mass is 10.6. The molecule has 0 spiro atoms. The van der Waals surface area contributed by atoms with E-state index < -0.39 is 12.8 Å². The Labute approximate surface area is 62.8 Å². The van der Waals surface area contributed by atoms with E-state index in [4.69, 9.17) is 5.14 Å². The molecule has 0 unspecified atom stereocenters. The van der Waals surface area contributed by atoms with Gasteiger partial charge in [0.2, 0.25) is 10.0 Å². The minimum atomic E-state index is -3.35. The predicted octanol–water partition coefficient (Wildman–Crippen LogP) is 0.446. The van der Waals surface area contributed by atoms with Gasteiger partial charge in [-0.1, -0.05) is 22.6 Å². The van der Waals surface area contributed by atoms with Crippen molar-refractivity contribution in [2.75, 3.05) is 0 Å². The second-order valence-corrected chi connectivity index (χ2v) is 7.45. The van der Waals surface area contributed by atoms with Crippen molar-refractivity contribution in [3.8, 4) is 0 Å². The monoisotopic (exact) mass is 249 g/mol. The van der Waals surface area contributed by atoms with Crippen LogP contribution in [0.15, 0.2) is 0 Å². The molecule has 0 amide bonds. The molecule has 0 aromatic rings. The van der Waals surface area contributed by atoms with Gasteiger partial charge in [-0.05, 0) is 13.8 Å². The number of hydrogen-bond donors (Lipinski definition) is 1. The van der Waals surface area contributed by atoms with Gasteiger partial charge in [0, 0.05) is 0 Å². The summed E-state index contributed by atoms with van der Waals surface area (Å²) in [4.78, 5) is 0. The van der Waals surface area contributed by atoms with Gasteiger partial charge in [-0.3, -0.25) is 0 Å². The maximum absolute atomic E-state index is 10.4. The minimum Gasteiger partial charge on any atom is -0.228 e. The van der Waals surface area contributed by atoms with Gasteiger partial charge in [0.15, 0.2) is 0 Å². The standard InChI is InChI=1S/C3H8INO2S/c1-3(2,4)8(5,6)7/h1-2H3,(H2,5,6,7). The van der Waals surface area contributed by atoms with Crippen LogP contribution in [-0.2, 0) is 10.0 Å². The van der Waals surface area contributed by atoms with E-state index in [-0.39, 0.29) is 0 Å². The molecule has 0 rings (SSSR count). The Morgan fingerprint density at radius 1 is 1.50 bits per heavy atom. The van der Waals surface area contributed by atoms with Crippen molar-refractivity contribution in [1.82, 2.24) is 0 Å². The molecule has 0 fully saturated rings. The molecule has 2 N–H and O–H groups in total. The molecule has 0 heterocycles. The maximum atomic E-state index is 10.4. The second-order valence-electron chi connectivity index (χ2n) is 1.91. The Kier molecular flexibility index (Phi) is 2.28. The fraction of sp³-hybridized carbons (Fsp3) is 1.00. The molecule has 3 nitrogen and oxygen atoms in total. The van der Waals surface area contributed by atoms with Gasteiger partial charge >= 0.3 is 0 Å². The molecule has 8 heavy (non-hydrogen) atoms. The molecule has 0 radical (unpaired) electrons. The summed E-state index contributed by atoms with van der Waals surface area (Å²) in [6, 6.07) is 0. The van der Waals surface area contributed by atoms with E-state index in [9.17, 15) is 8.42 Å². The normalized spacial score (nSPS) is 14.0. The van der Waals surface area contributed by atoms with Crippen LogP contribution in [0, 0.1) is 0 Å². The average Bonchev–Trinajstić information content (AvgIpc) is 1.25. The van der Waals surface area contributed by atoms with E-state index in [2.05, 4.69) is 0 Å². The van der Waals surface area contributed by atoms with Crippen LogP contribution >= 0.6 is 22.6 Å². The first-order valence-electron chi connectivity index (χ1n) is 1.96. The Bertz CT molecular complexity index is 166. The van der Waals surface area contributed by atoms with E-state index in [1.54, 1.807) is 36.4 Å². The average molecular weight is 249 g/mol.